The van der Waals surface area contributed by atoms with Crippen LogP contribution in [0, 0.1) is 0 Å². The van der Waals surface area contributed by atoms with Crippen LogP contribution in [0.3, 0.4) is 0 Å². The van der Waals surface area contributed by atoms with Crippen molar-refractivity contribution in [2.24, 2.45) is 10.9 Å². The minimum absolute atomic E-state index is 0.0759. The second-order valence-electron chi connectivity index (χ2n) is 3.98. The maximum Gasteiger partial charge on any atom is 0.140 e. The van der Waals surface area contributed by atoms with Crippen LogP contribution in [-0.2, 0) is 0 Å². The van der Waals surface area contributed by atoms with Gasteiger partial charge in [0.25, 0.3) is 0 Å². The molecule has 0 spiro atoms. The Balaban J connectivity index is 2.20. The summed E-state index contributed by atoms with van der Waals surface area (Å²) in [6.45, 7) is 0. The predicted octanol–water partition coefficient (Wildman–Crippen LogP) is 3.05. The van der Waals surface area contributed by atoms with E-state index in [1.54, 1.807) is 18.0 Å². The van der Waals surface area contributed by atoms with Crippen molar-refractivity contribution < 1.29 is 5.21 Å². The summed E-state index contributed by atoms with van der Waals surface area (Å²) in [5.41, 5.74) is 6.76. The second kappa shape index (κ2) is 6.80. The van der Waals surface area contributed by atoms with E-state index in [9.17, 15) is 0 Å². The van der Waals surface area contributed by atoms with Crippen LogP contribution in [-0.4, -0.2) is 16.0 Å². The first-order chi connectivity index (χ1) is 9.29. The highest BCUT2D eigenvalue weighted by molar-refractivity contribution is 7.99. The molecule has 0 radical (unpaired) electrons. The number of benzene rings is 1. The zero-order valence-electron chi connectivity index (χ0n) is 10.3. The molecule has 0 amide bonds. The van der Waals surface area contributed by atoms with E-state index in [4.69, 9.17) is 10.9 Å². The van der Waals surface area contributed by atoms with Crippen molar-refractivity contribution in [3.05, 3.63) is 60.3 Å². The molecule has 98 valence electrons. The Morgan fingerprint density at radius 2 is 1.95 bits per heavy atom. The monoisotopic (exact) mass is 273 g/mol. The molecule has 0 aliphatic rings. The van der Waals surface area contributed by atoms with Crippen LogP contribution in [0.4, 0.5) is 0 Å². The van der Waals surface area contributed by atoms with Crippen molar-refractivity contribution in [1.29, 1.82) is 0 Å². The molecule has 3 N–H and O–H groups in total. The molecule has 0 aliphatic carbocycles. The molecule has 2 aromatic rings. The standard InChI is InChI=1S/C14H15N3OS/c15-13(17-18)10-12(11-6-2-1-3-7-11)19-14-8-4-5-9-16-14/h1-9,12,18H,10H2,(H2,15,17). The second-order valence-corrected chi connectivity index (χ2v) is 5.20. The molecule has 0 saturated carbocycles. The maximum atomic E-state index is 8.73. The summed E-state index contributed by atoms with van der Waals surface area (Å²) < 4.78 is 0. The Morgan fingerprint density at radius 1 is 1.21 bits per heavy atom. The van der Waals surface area contributed by atoms with Gasteiger partial charge in [0.2, 0.25) is 0 Å². The van der Waals surface area contributed by atoms with Crippen LogP contribution in [0.2, 0.25) is 0 Å². The lowest BCUT2D eigenvalue weighted by atomic mass is 10.1. The normalized spacial score (nSPS) is 13.2. The average Bonchev–Trinajstić information content (AvgIpc) is 2.48. The van der Waals surface area contributed by atoms with Gasteiger partial charge in [-0.05, 0) is 17.7 Å². The summed E-state index contributed by atoms with van der Waals surface area (Å²) in [6.07, 6.45) is 2.23. The minimum Gasteiger partial charge on any atom is -0.409 e. The van der Waals surface area contributed by atoms with Gasteiger partial charge in [-0.2, -0.15) is 0 Å². The molecular formula is C14H15N3OS. The third kappa shape index (κ3) is 3.99. The number of oxime groups is 1. The Bertz CT molecular complexity index is 531. The Morgan fingerprint density at radius 3 is 2.58 bits per heavy atom. The first-order valence-corrected chi connectivity index (χ1v) is 6.76. The average molecular weight is 273 g/mol. The lowest BCUT2D eigenvalue weighted by Crippen LogP contribution is -2.14. The molecule has 0 aliphatic heterocycles. The number of aromatic nitrogens is 1. The van der Waals surface area contributed by atoms with Gasteiger partial charge in [-0.3, -0.25) is 0 Å². The summed E-state index contributed by atoms with van der Waals surface area (Å²) in [7, 11) is 0. The number of nitrogens with two attached hydrogens (primary N) is 1. The summed E-state index contributed by atoms with van der Waals surface area (Å²) >= 11 is 1.60. The Kier molecular flexibility index (Phi) is 4.80. The SMILES string of the molecule is NC(CC(Sc1ccccn1)c1ccccc1)=NO. The fourth-order valence-electron chi connectivity index (χ4n) is 1.69. The molecule has 2 rings (SSSR count). The van der Waals surface area contributed by atoms with Crippen LogP contribution in [0.1, 0.15) is 17.2 Å². The van der Waals surface area contributed by atoms with E-state index in [1.807, 2.05) is 48.5 Å². The smallest absolute Gasteiger partial charge is 0.140 e. The lowest BCUT2D eigenvalue weighted by molar-refractivity contribution is 0.317. The van der Waals surface area contributed by atoms with Crippen molar-refractivity contribution in [2.45, 2.75) is 16.7 Å². The van der Waals surface area contributed by atoms with Crippen LogP contribution < -0.4 is 5.73 Å². The van der Waals surface area contributed by atoms with E-state index < -0.39 is 0 Å². The van der Waals surface area contributed by atoms with Gasteiger partial charge >= 0.3 is 0 Å². The van der Waals surface area contributed by atoms with E-state index in [1.165, 1.54) is 0 Å². The number of pyridine rings is 1. The van der Waals surface area contributed by atoms with Crippen molar-refractivity contribution in [3.8, 4) is 0 Å². The molecule has 1 aromatic carbocycles. The highest BCUT2D eigenvalue weighted by Crippen LogP contribution is 2.36. The molecule has 1 atom stereocenters. The zero-order chi connectivity index (χ0) is 13.5. The number of thioether (sulfide) groups is 1. The molecule has 1 unspecified atom stereocenters. The summed E-state index contributed by atoms with van der Waals surface area (Å²) in [5.74, 6) is 0.220. The number of hydrogen-bond donors (Lipinski definition) is 2. The van der Waals surface area contributed by atoms with Crippen LogP contribution >= 0.6 is 11.8 Å². The highest BCUT2D eigenvalue weighted by atomic mass is 32.2. The number of nitrogens with zero attached hydrogens (tertiary/aromatic N) is 2. The van der Waals surface area contributed by atoms with Crippen LogP contribution in [0.25, 0.3) is 0 Å². The highest BCUT2D eigenvalue weighted by Gasteiger charge is 2.15. The molecule has 0 fully saturated rings. The lowest BCUT2D eigenvalue weighted by Gasteiger charge is -2.15. The van der Waals surface area contributed by atoms with E-state index in [0.29, 0.717) is 6.42 Å². The van der Waals surface area contributed by atoms with Crippen LogP contribution in [0.5, 0.6) is 0 Å². The number of rotatable bonds is 5. The Labute approximate surface area is 116 Å². The van der Waals surface area contributed by atoms with E-state index >= 15 is 0 Å². The minimum atomic E-state index is 0.0759. The summed E-state index contributed by atoms with van der Waals surface area (Å²) in [4.78, 5) is 4.30. The maximum absolute atomic E-state index is 8.73. The van der Waals surface area contributed by atoms with E-state index in [2.05, 4.69) is 10.1 Å². The summed E-state index contributed by atoms with van der Waals surface area (Å²) in [6, 6.07) is 15.8. The quantitative estimate of drug-likeness (QED) is 0.289. The van der Waals surface area contributed by atoms with Crippen LogP contribution in [0.15, 0.2) is 64.9 Å². The largest absolute Gasteiger partial charge is 0.409 e. The van der Waals surface area contributed by atoms with Gasteiger partial charge in [0.15, 0.2) is 0 Å². The zero-order valence-corrected chi connectivity index (χ0v) is 11.1. The molecular weight excluding hydrogens is 258 g/mol. The van der Waals surface area contributed by atoms with Crippen molar-refractivity contribution in [3.63, 3.8) is 0 Å². The van der Waals surface area contributed by atoms with Gasteiger partial charge in [0.1, 0.15) is 5.84 Å². The molecule has 19 heavy (non-hydrogen) atoms. The molecule has 1 aromatic heterocycles. The predicted molar refractivity (Wildman–Crippen MR) is 77.3 cm³/mol. The molecule has 4 nitrogen and oxygen atoms in total. The Hall–Kier alpha value is -2.01. The fraction of sp³-hybridized carbons (Fsp3) is 0.143. The number of amidine groups is 1. The van der Waals surface area contributed by atoms with Gasteiger partial charge in [-0.25, -0.2) is 4.98 Å². The van der Waals surface area contributed by atoms with Crippen molar-refractivity contribution in [1.82, 2.24) is 4.98 Å². The van der Waals surface area contributed by atoms with Gasteiger partial charge in [0, 0.05) is 17.9 Å². The van der Waals surface area contributed by atoms with E-state index in [-0.39, 0.29) is 11.1 Å². The number of hydrogen-bond acceptors (Lipinski definition) is 4. The molecule has 0 saturated heterocycles. The van der Waals surface area contributed by atoms with Crippen molar-refractivity contribution in [2.75, 3.05) is 0 Å². The van der Waals surface area contributed by atoms with Crippen molar-refractivity contribution >= 4 is 17.6 Å². The molecule has 1 heterocycles. The van der Waals surface area contributed by atoms with E-state index in [0.717, 1.165) is 10.6 Å². The van der Waals surface area contributed by atoms with Gasteiger partial charge < -0.3 is 10.9 Å². The topological polar surface area (TPSA) is 71.5 Å². The first kappa shape index (κ1) is 13.4. The third-order valence-electron chi connectivity index (χ3n) is 2.60. The third-order valence-corrected chi connectivity index (χ3v) is 3.80. The van der Waals surface area contributed by atoms with Gasteiger partial charge in [-0.15, -0.1) is 0 Å². The fourth-order valence-corrected chi connectivity index (χ4v) is 2.81. The van der Waals surface area contributed by atoms with Gasteiger partial charge in [0.05, 0.1) is 5.03 Å². The first-order valence-electron chi connectivity index (χ1n) is 5.88. The summed E-state index contributed by atoms with van der Waals surface area (Å²) in [5, 5.41) is 12.8. The molecule has 0 bridgehead atoms. The molecule has 5 heteroatoms. The van der Waals surface area contributed by atoms with Gasteiger partial charge in [-0.1, -0.05) is 53.3 Å².